The van der Waals surface area contributed by atoms with Crippen LogP contribution in [0.2, 0.25) is 0 Å². The Morgan fingerprint density at radius 3 is 2.68 bits per heavy atom. The number of halogens is 1. The van der Waals surface area contributed by atoms with Gasteiger partial charge in [-0.1, -0.05) is 12.1 Å². The number of aryl methyl sites for hydroxylation is 1. The lowest BCUT2D eigenvalue weighted by atomic mass is 10.1. The number of methoxy groups -OCH3 is 1. The van der Waals surface area contributed by atoms with Gasteiger partial charge in [-0.15, -0.1) is 5.10 Å². The van der Waals surface area contributed by atoms with E-state index in [0.29, 0.717) is 23.9 Å². The van der Waals surface area contributed by atoms with Crippen LogP contribution in [-0.4, -0.2) is 32.3 Å². The average Bonchev–Trinajstić information content (AvgIpc) is 3.32. The van der Waals surface area contributed by atoms with Gasteiger partial charge < -0.3 is 15.0 Å². The van der Waals surface area contributed by atoms with Gasteiger partial charge in [-0.3, -0.25) is 5.10 Å². The van der Waals surface area contributed by atoms with Crippen molar-refractivity contribution in [1.82, 2.24) is 25.1 Å². The van der Waals surface area contributed by atoms with Gasteiger partial charge in [0.05, 0.1) is 12.7 Å². The first kappa shape index (κ1) is 17.7. The Kier molecular flexibility index (Phi) is 4.76. The first-order valence-electron chi connectivity index (χ1n) is 8.73. The van der Waals surface area contributed by atoms with E-state index in [9.17, 15) is 4.39 Å². The third-order valence-electron chi connectivity index (χ3n) is 4.23. The highest BCUT2D eigenvalue weighted by atomic mass is 19.1. The Labute approximate surface area is 161 Å². The van der Waals surface area contributed by atoms with E-state index in [0.717, 1.165) is 28.3 Å². The largest absolute Gasteiger partial charge is 0.496 e. The number of ether oxygens (including phenoxy) is 1. The molecule has 0 atom stereocenters. The third-order valence-corrected chi connectivity index (χ3v) is 4.23. The number of hydrogen-bond acceptors (Lipinski definition) is 5. The van der Waals surface area contributed by atoms with E-state index in [-0.39, 0.29) is 5.82 Å². The standard InChI is InChI=1S/C20H19FN6O/c1-12-11-22-19(23-12)16-8-7-15(10-17(16)28-2)24-20-25-18(26-27-20)9-13-3-5-14(21)6-4-13/h3-8,10-11H,9H2,1-2H3,(H,22,23)(H2,24,25,26,27). The van der Waals surface area contributed by atoms with Gasteiger partial charge in [0.15, 0.2) is 0 Å². The van der Waals surface area contributed by atoms with Crippen LogP contribution in [0.1, 0.15) is 17.1 Å². The number of benzene rings is 2. The molecule has 3 N–H and O–H groups in total. The Balaban J connectivity index is 1.50. The van der Waals surface area contributed by atoms with Crippen molar-refractivity contribution in [3.63, 3.8) is 0 Å². The summed E-state index contributed by atoms with van der Waals surface area (Å²) in [6.07, 6.45) is 2.31. The van der Waals surface area contributed by atoms with Gasteiger partial charge in [-0.2, -0.15) is 4.98 Å². The molecule has 0 fully saturated rings. The number of imidazole rings is 1. The molecule has 4 aromatic rings. The summed E-state index contributed by atoms with van der Waals surface area (Å²) in [5, 5.41) is 10.2. The van der Waals surface area contributed by atoms with Crippen molar-refractivity contribution in [3.8, 4) is 17.1 Å². The SMILES string of the molecule is COc1cc(Nc2n[nH]c(Cc3ccc(F)cc3)n2)ccc1-c1ncc(C)[nH]1. The summed E-state index contributed by atoms with van der Waals surface area (Å²) in [4.78, 5) is 12.0. The molecule has 2 aromatic heterocycles. The maximum atomic E-state index is 13.0. The number of hydrogen-bond donors (Lipinski definition) is 3. The van der Waals surface area contributed by atoms with Crippen molar-refractivity contribution < 1.29 is 9.13 Å². The minimum absolute atomic E-state index is 0.259. The van der Waals surface area contributed by atoms with Gasteiger partial charge in [-0.05, 0) is 36.8 Å². The lowest BCUT2D eigenvalue weighted by Crippen LogP contribution is -1.96. The third kappa shape index (κ3) is 3.85. The number of aromatic amines is 2. The molecule has 0 amide bonds. The van der Waals surface area contributed by atoms with Crippen LogP contribution < -0.4 is 10.1 Å². The topological polar surface area (TPSA) is 91.5 Å². The Morgan fingerprint density at radius 1 is 1.14 bits per heavy atom. The van der Waals surface area contributed by atoms with Gasteiger partial charge in [0.1, 0.15) is 23.2 Å². The molecule has 2 aromatic carbocycles. The van der Waals surface area contributed by atoms with E-state index in [1.165, 1.54) is 12.1 Å². The fraction of sp³-hybridized carbons (Fsp3) is 0.150. The molecular formula is C20H19FN6O. The fourth-order valence-corrected chi connectivity index (χ4v) is 2.87. The van der Waals surface area contributed by atoms with Gasteiger partial charge in [-0.25, -0.2) is 9.37 Å². The molecule has 8 heteroatoms. The number of H-pyrrole nitrogens is 2. The summed E-state index contributed by atoms with van der Waals surface area (Å²) in [7, 11) is 1.62. The summed E-state index contributed by atoms with van der Waals surface area (Å²) in [5.41, 5.74) is 3.59. The molecule has 0 saturated carbocycles. The summed E-state index contributed by atoms with van der Waals surface area (Å²) in [5.74, 6) is 2.30. The minimum atomic E-state index is -0.259. The van der Waals surface area contributed by atoms with Crippen molar-refractivity contribution in [2.75, 3.05) is 12.4 Å². The molecule has 4 rings (SSSR count). The number of nitrogens with one attached hydrogen (secondary N) is 3. The molecule has 2 heterocycles. The van der Waals surface area contributed by atoms with Crippen molar-refractivity contribution in [2.45, 2.75) is 13.3 Å². The second kappa shape index (κ2) is 7.51. The molecule has 0 radical (unpaired) electrons. The van der Waals surface area contributed by atoms with Crippen LogP contribution >= 0.6 is 0 Å². The van der Waals surface area contributed by atoms with Crippen LogP contribution in [0, 0.1) is 12.7 Å². The van der Waals surface area contributed by atoms with Crippen LogP contribution in [0.15, 0.2) is 48.7 Å². The van der Waals surface area contributed by atoms with E-state index in [1.807, 2.05) is 25.1 Å². The molecule has 28 heavy (non-hydrogen) atoms. The van der Waals surface area contributed by atoms with Gasteiger partial charge in [0.2, 0.25) is 5.95 Å². The first-order valence-corrected chi connectivity index (χ1v) is 8.73. The molecule has 0 saturated heterocycles. The van der Waals surface area contributed by atoms with Crippen molar-refractivity contribution in [1.29, 1.82) is 0 Å². The molecule has 0 unspecified atom stereocenters. The zero-order chi connectivity index (χ0) is 19.5. The Hall–Kier alpha value is -3.68. The summed E-state index contributed by atoms with van der Waals surface area (Å²) < 4.78 is 18.5. The molecule has 142 valence electrons. The Morgan fingerprint density at radius 2 is 1.96 bits per heavy atom. The number of nitrogens with zero attached hydrogens (tertiary/aromatic N) is 3. The normalized spacial score (nSPS) is 10.8. The quantitative estimate of drug-likeness (QED) is 0.472. The van der Waals surface area contributed by atoms with E-state index in [2.05, 4.69) is 30.5 Å². The van der Waals surface area contributed by atoms with Gasteiger partial charge in [0.25, 0.3) is 0 Å². The van der Waals surface area contributed by atoms with Crippen LogP contribution in [0.5, 0.6) is 5.75 Å². The molecule has 0 spiro atoms. The number of aromatic nitrogens is 5. The smallest absolute Gasteiger partial charge is 0.246 e. The highest BCUT2D eigenvalue weighted by Gasteiger charge is 2.11. The van der Waals surface area contributed by atoms with Crippen LogP contribution in [0.25, 0.3) is 11.4 Å². The zero-order valence-corrected chi connectivity index (χ0v) is 15.5. The van der Waals surface area contributed by atoms with Gasteiger partial charge >= 0.3 is 0 Å². The first-order chi connectivity index (χ1) is 13.6. The molecular weight excluding hydrogens is 359 g/mol. The second-order valence-electron chi connectivity index (χ2n) is 6.36. The molecule has 0 aliphatic rings. The predicted octanol–water partition coefficient (Wildman–Crippen LogP) is 3.99. The number of anilines is 2. The van der Waals surface area contributed by atoms with E-state index >= 15 is 0 Å². The van der Waals surface area contributed by atoms with Crippen LogP contribution in [-0.2, 0) is 6.42 Å². The van der Waals surface area contributed by atoms with Crippen molar-refractivity contribution in [3.05, 3.63) is 71.6 Å². The van der Waals surface area contributed by atoms with Crippen LogP contribution in [0.3, 0.4) is 0 Å². The van der Waals surface area contributed by atoms with Crippen LogP contribution in [0.4, 0.5) is 16.0 Å². The van der Waals surface area contributed by atoms with E-state index in [1.54, 1.807) is 25.4 Å². The second-order valence-corrected chi connectivity index (χ2v) is 6.36. The predicted molar refractivity (Wildman–Crippen MR) is 104 cm³/mol. The lowest BCUT2D eigenvalue weighted by molar-refractivity contribution is 0.416. The monoisotopic (exact) mass is 378 g/mol. The maximum absolute atomic E-state index is 13.0. The van der Waals surface area contributed by atoms with Crippen molar-refractivity contribution >= 4 is 11.6 Å². The highest BCUT2D eigenvalue weighted by Crippen LogP contribution is 2.31. The zero-order valence-electron chi connectivity index (χ0n) is 15.5. The molecule has 0 aliphatic carbocycles. The van der Waals surface area contributed by atoms with Gasteiger partial charge in [0, 0.05) is 30.1 Å². The van der Waals surface area contributed by atoms with E-state index < -0.39 is 0 Å². The summed E-state index contributed by atoms with van der Waals surface area (Å²) in [6, 6.07) is 12.0. The number of rotatable bonds is 6. The molecule has 7 nitrogen and oxygen atoms in total. The fourth-order valence-electron chi connectivity index (χ4n) is 2.87. The van der Waals surface area contributed by atoms with Crippen molar-refractivity contribution in [2.24, 2.45) is 0 Å². The average molecular weight is 378 g/mol. The molecule has 0 bridgehead atoms. The highest BCUT2D eigenvalue weighted by molar-refractivity contribution is 5.70. The maximum Gasteiger partial charge on any atom is 0.246 e. The lowest BCUT2D eigenvalue weighted by Gasteiger charge is -2.09. The Bertz CT molecular complexity index is 1090. The van der Waals surface area contributed by atoms with E-state index in [4.69, 9.17) is 4.74 Å². The summed E-state index contributed by atoms with van der Waals surface area (Å²) >= 11 is 0. The molecule has 0 aliphatic heterocycles. The minimum Gasteiger partial charge on any atom is -0.496 e. The summed E-state index contributed by atoms with van der Waals surface area (Å²) in [6.45, 7) is 1.95.